The number of hydrogen-bond donors (Lipinski definition) is 2. The molecule has 0 atom stereocenters. The van der Waals surface area contributed by atoms with E-state index in [0.717, 1.165) is 20.9 Å². The Kier molecular flexibility index (Phi) is 4.67. The molecule has 0 radical (unpaired) electrons. The van der Waals surface area contributed by atoms with E-state index in [0.29, 0.717) is 17.1 Å². The molecule has 0 spiro atoms. The second-order valence-electron chi connectivity index (χ2n) is 5.71. The highest BCUT2D eigenvalue weighted by Crippen LogP contribution is 2.30. The molecule has 0 aliphatic rings. The highest BCUT2D eigenvalue weighted by Gasteiger charge is 2.10. The normalized spacial score (nSPS) is 10.6. The van der Waals surface area contributed by atoms with E-state index in [-0.39, 0.29) is 6.03 Å². The fraction of sp³-hybridized carbons (Fsp3) is 0.0500. The first kappa shape index (κ1) is 17.0. The van der Waals surface area contributed by atoms with Crippen LogP contribution in [-0.4, -0.2) is 23.1 Å². The summed E-state index contributed by atoms with van der Waals surface area (Å²) in [6, 6.07) is 18.3. The number of thiazole rings is 1. The minimum atomic E-state index is -0.345. The maximum absolute atomic E-state index is 12.3. The first-order valence-electron chi connectivity index (χ1n) is 8.26. The van der Waals surface area contributed by atoms with Crippen LogP contribution < -0.4 is 15.4 Å². The lowest BCUT2D eigenvalue weighted by Gasteiger charge is -2.11. The molecule has 6 nitrogen and oxygen atoms in total. The van der Waals surface area contributed by atoms with Gasteiger partial charge < -0.3 is 15.4 Å². The Balaban J connectivity index is 1.53. The number of benzene rings is 2. The molecule has 7 heteroatoms. The number of nitrogens with one attached hydrogen (secondary N) is 2. The van der Waals surface area contributed by atoms with Crippen molar-refractivity contribution in [1.82, 2.24) is 9.97 Å². The Labute approximate surface area is 159 Å². The average molecular weight is 376 g/mol. The van der Waals surface area contributed by atoms with E-state index in [1.54, 1.807) is 25.4 Å². The molecule has 2 N–H and O–H groups in total. The van der Waals surface area contributed by atoms with Gasteiger partial charge in [-0.15, -0.1) is 0 Å². The summed E-state index contributed by atoms with van der Waals surface area (Å²) >= 11 is 1.52. The molecule has 4 aromatic rings. The van der Waals surface area contributed by atoms with Crippen LogP contribution in [0.4, 0.5) is 16.2 Å². The van der Waals surface area contributed by atoms with E-state index in [9.17, 15) is 4.79 Å². The molecule has 0 bridgehead atoms. The fourth-order valence-corrected chi connectivity index (χ4v) is 3.56. The lowest BCUT2D eigenvalue weighted by molar-refractivity contribution is 0.262. The Hall–Kier alpha value is -3.45. The summed E-state index contributed by atoms with van der Waals surface area (Å²) in [4.78, 5) is 22.2. The Morgan fingerprint density at radius 1 is 1.04 bits per heavy atom. The van der Waals surface area contributed by atoms with Crippen molar-refractivity contribution in [2.45, 2.75) is 0 Å². The molecular weight excluding hydrogens is 360 g/mol. The van der Waals surface area contributed by atoms with Crippen LogP contribution in [0.3, 0.4) is 0 Å². The molecule has 0 unspecified atom stereocenters. The summed E-state index contributed by atoms with van der Waals surface area (Å²) in [7, 11) is 1.56. The predicted octanol–water partition coefficient (Wildman–Crippen LogP) is 5.01. The van der Waals surface area contributed by atoms with Crippen molar-refractivity contribution in [3.8, 4) is 16.3 Å². The minimum Gasteiger partial charge on any atom is -0.495 e. The highest BCUT2D eigenvalue weighted by molar-refractivity contribution is 7.21. The van der Waals surface area contributed by atoms with Gasteiger partial charge in [-0.3, -0.25) is 0 Å². The number of nitrogens with zero attached hydrogens (tertiary/aromatic N) is 2. The molecule has 0 aliphatic heterocycles. The summed E-state index contributed by atoms with van der Waals surface area (Å²) in [5, 5.41) is 6.49. The second kappa shape index (κ2) is 7.43. The first-order chi connectivity index (χ1) is 13.2. The number of rotatable bonds is 4. The fourth-order valence-electron chi connectivity index (χ4n) is 2.66. The van der Waals surface area contributed by atoms with Gasteiger partial charge >= 0.3 is 6.03 Å². The van der Waals surface area contributed by atoms with Gasteiger partial charge in [0, 0.05) is 17.4 Å². The van der Waals surface area contributed by atoms with Gasteiger partial charge in [-0.25, -0.2) is 14.8 Å². The van der Waals surface area contributed by atoms with E-state index in [1.165, 1.54) is 11.3 Å². The summed E-state index contributed by atoms with van der Waals surface area (Å²) in [6.07, 6.45) is 1.75. The predicted molar refractivity (Wildman–Crippen MR) is 108 cm³/mol. The number of hydrogen-bond acceptors (Lipinski definition) is 5. The van der Waals surface area contributed by atoms with Crippen molar-refractivity contribution in [1.29, 1.82) is 0 Å². The van der Waals surface area contributed by atoms with Crippen molar-refractivity contribution in [2.75, 3.05) is 17.7 Å². The largest absolute Gasteiger partial charge is 0.495 e. The number of methoxy groups -OCH3 is 1. The monoisotopic (exact) mass is 376 g/mol. The van der Waals surface area contributed by atoms with Crippen LogP contribution in [0, 0.1) is 0 Å². The number of amides is 2. The smallest absolute Gasteiger partial charge is 0.323 e. The lowest BCUT2D eigenvalue weighted by atomic mass is 10.2. The summed E-state index contributed by atoms with van der Waals surface area (Å²) in [5.41, 5.74) is 3.07. The molecule has 2 heterocycles. The highest BCUT2D eigenvalue weighted by atomic mass is 32.1. The van der Waals surface area contributed by atoms with Crippen molar-refractivity contribution in [3.63, 3.8) is 0 Å². The maximum atomic E-state index is 12.3. The van der Waals surface area contributed by atoms with Crippen molar-refractivity contribution in [3.05, 3.63) is 66.9 Å². The van der Waals surface area contributed by atoms with Crippen LogP contribution >= 0.6 is 11.3 Å². The third-order valence-corrected chi connectivity index (χ3v) is 4.92. The number of aromatic nitrogens is 2. The lowest BCUT2D eigenvalue weighted by Crippen LogP contribution is -2.19. The Bertz CT molecular complexity index is 1080. The number of carbonyl (C=O) groups is 1. The van der Waals surface area contributed by atoms with Gasteiger partial charge in [0.05, 0.1) is 12.8 Å². The molecule has 0 saturated heterocycles. The number of carbonyl (C=O) groups excluding carboxylic acids is 1. The quantitative estimate of drug-likeness (QED) is 0.525. The number of pyridine rings is 1. The zero-order valence-corrected chi connectivity index (χ0v) is 15.3. The molecule has 4 rings (SSSR count). The van der Waals surface area contributed by atoms with Crippen LogP contribution in [0.2, 0.25) is 0 Å². The molecular formula is C20H16N4O2S. The zero-order chi connectivity index (χ0) is 18.6. The topological polar surface area (TPSA) is 76.1 Å². The SMILES string of the molecule is COc1ccccc1NC(=O)Nc1cccc(-c2nc3cccnc3s2)c1. The second-order valence-corrected chi connectivity index (χ2v) is 6.68. The van der Waals surface area contributed by atoms with E-state index in [4.69, 9.17) is 4.74 Å². The number of para-hydroxylation sites is 2. The van der Waals surface area contributed by atoms with Crippen LogP contribution in [0.15, 0.2) is 66.9 Å². The summed E-state index contributed by atoms with van der Waals surface area (Å²) in [5.74, 6) is 0.600. The number of anilines is 2. The Morgan fingerprint density at radius 2 is 1.93 bits per heavy atom. The minimum absolute atomic E-state index is 0.345. The van der Waals surface area contributed by atoms with Crippen LogP contribution in [-0.2, 0) is 0 Å². The maximum Gasteiger partial charge on any atom is 0.323 e. The average Bonchev–Trinajstić information content (AvgIpc) is 3.13. The summed E-state index contributed by atoms with van der Waals surface area (Å²) < 4.78 is 5.25. The third-order valence-electron chi connectivity index (χ3n) is 3.89. The van der Waals surface area contributed by atoms with Gasteiger partial charge in [-0.1, -0.05) is 35.6 Å². The molecule has 134 valence electrons. The summed E-state index contributed by atoms with van der Waals surface area (Å²) in [6.45, 7) is 0. The van der Waals surface area contributed by atoms with Crippen LogP contribution in [0.5, 0.6) is 5.75 Å². The van der Waals surface area contributed by atoms with Crippen molar-refractivity contribution < 1.29 is 9.53 Å². The van der Waals surface area contributed by atoms with Gasteiger partial charge in [0.2, 0.25) is 0 Å². The molecule has 2 amide bonds. The molecule has 27 heavy (non-hydrogen) atoms. The molecule has 0 fully saturated rings. The van der Waals surface area contributed by atoms with Crippen molar-refractivity contribution in [2.24, 2.45) is 0 Å². The number of fused-ring (bicyclic) bond motifs is 1. The van der Waals surface area contributed by atoms with Gasteiger partial charge in [0.15, 0.2) is 0 Å². The van der Waals surface area contributed by atoms with Crippen molar-refractivity contribution >= 4 is 39.1 Å². The molecule has 0 aliphatic carbocycles. The van der Waals surface area contributed by atoms with Gasteiger partial charge in [-0.2, -0.15) is 0 Å². The van der Waals surface area contributed by atoms with E-state index >= 15 is 0 Å². The third kappa shape index (κ3) is 3.73. The van der Waals surface area contributed by atoms with E-state index in [2.05, 4.69) is 20.6 Å². The Morgan fingerprint density at radius 3 is 2.78 bits per heavy atom. The van der Waals surface area contributed by atoms with Crippen LogP contribution in [0.1, 0.15) is 0 Å². The van der Waals surface area contributed by atoms with Gasteiger partial charge in [0.1, 0.15) is 21.1 Å². The number of urea groups is 1. The molecule has 2 aromatic carbocycles. The zero-order valence-electron chi connectivity index (χ0n) is 14.5. The standard InChI is InChI=1S/C20H16N4O2S/c1-26-17-10-3-2-8-15(17)24-20(25)22-14-7-4-6-13(12-14)18-23-16-9-5-11-21-19(16)27-18/h2-12H,1H3,(H2,22,24,25). The van der Waals surface area contributed by atoms with Crippen LogP contribution in [0.25, 0.3) is 20.9 Å². The molecule has 0 saturated carbocycles. The van der Waals surface area contributed by atoms with Gasteiger partial charge in [0.25, 0.3) is 0 Å². The number of ether oxygens (including phenoxy) is 1. The first-order valence-corrected chi connectivity index (χ1v) is 9.07. The van der Waals surface area contributed by atoms with Gasteiger partial charge in [-0.05, 0) is 36.4 Å². The van der Waals surface area contributed by atoms with E-state index in [1.807, 2.05) is 48.5 Å². The van der Waals surface area contributed by atoms with E-state index < -0.39 is 0 Å². The molecule has 2 aromatic heterocycles.